The zero-order chi connectivity index (χ0) is 18.4. The van der Waals surface area contributed by atoms with Gasteiger partial charge < -0.3 is 15.5 Å². The standard InChI is InChI=1S/C19H29N5S/c1-13(2)16-12-25-18(23-16)11-22-19(20-4)21-10-15-8-7-14(3)9-17(15)24(5)6/h7-9,12-13H,10-11H2,1-6H3,(H2,20,21,22). The number of anilines is 1. The summed E-state index contributed by atoms with van der Waals surface area (Å²) in [5.41, 5.74) is 4.89. The van der Waals surface area contributed by atoms with Gasteiger partial charge in [-0.1, -0.05) is 26.0 Å². The minimum atomic E-state index is 0.466. The topological polar surface area (TPSA) is 52.6 Å². The van der Waals surface area contributed by atoms with Crippen LogP contribution in [0.1, 0.15) is 41.6 Å². The summed E-state index contributed by atoms with van der Waals surface area (Å²) in [6.07, 6.45) is 0. The van der Waals surface area contributed by atoms with Crippen molar-refractivity contribution in [1.82, 2.24) is 15.6 Å². The van der Waals surface area contributed by atoms with Crippen molar-refractivity contribution in [2.45, 2.75) is 39.8 Å². The molecule has 5 nitrogen and oxygen atoms in total. The maximum absolute atomic E-state index is 4.65. The van der Waals surface area contributed by atoms with Crippen LogP contribution in [0.2, 0.25) is 0 Å². The largest absolute Gasteiger partial charge is 0.377 e. The van der Waals surface area contributed by atoms with E-state index in [-0.39, 0.29) is 0 Å². The molecule has 0 unspecified atom stereocenters. The molecule has 0 fully saturated rings. The van der Waals surface area contributed by atoms with E-state index in [1.807, 2.05) is 0 Å². The van der Waals surface area contributed by atoms with Gasteiger partial charge in [0.2, 0.25) is 0 Å². The molecule has 1 heterocycles. The van der Waals surface area contributed by atoms with Crippen LogP contribution in [0.4, 0.5) is 5.69 Å². The molecule has 0 spiro atoms. The minimum absolute atomic E-state index is 0.466. The molecule has 0 aliphatic heterocycles. The lowest BCUT2D eigenvalue weighted by molar-refractivity contribution is 0.784. The molecule has 0 aliphatic rings. The van der Waals surface area contributed by atoms with Crippen molar-refractivity contribution in [1.29, 1.82) is 0 Å². The van der Waals surface area contributed by atoms with Crippen LogP contribution in [0, 0.1) is 6.92 Å². The quantitative estimate of drug-likeness (QED) is 0.612. The zero-order valence-corrected chi connectivity index (χ0v) is 16.9. The Bertz CT molecular complexity index is 718. The third kappa shape index (κ3) is 5.46. The first-order valence-corrected chi connectivity index (χ1v) is 9.44. The van der Waals surface area contributed by atoms with E-state index in [1.54, 1.807) is 18.4 Å². The van der Waals surface area contributed by atoms with Crippen molar-refractivity contribution < 1.29 is 0 Å². The average Bonchev–Trinajstić information content (AvgIpc) is 3.05. The molecule has 0 amide bonds. The Balaban J connectivity index is 1.94. The van der Waals surface area contributed by atoms with Crippen LogP contribution in [0.5, 0.6) is 0 Å². The third-order valence-corrected chi connectivity index (χ3v) is 4.83. The van der Waals surface area contributed by atoms with E-state index in [1.165, 1.54) is 16.8 Å². The van der Waals surface area contributed by atoms with Crippen LogP contribution in [0.3, 0.4) is 0 Å². The van der Waals surface area contributed by atoms with Gasteiger partial charge in [-0.05, 0) is 30.0 Å². The van der Waals surface area contributed by atoms with Crippen LogP contribution in [-0.4, -0.2) is 32.1 Å². The molecule has 25 heavy (non-hydrogen) atoms. The number of thiazole rings is 1. The molecule has 2 N–H and O–H groups in total. The molecule has 136 valence electrons. The summed E-state index contributed by atoms with van der Waals surface area (Å²) in [6, 6.07) is 6.51. The van der Waals surface area contributed by atoms with E-state index < -0.39 is 0 Å². The van der Waals surface area contributed by atoms with Gasteiger partial charge in [0.15, 0.2) is 5.96 Å². The van der Waals surface area contributed by atoms with Gasteiger partial charge in [0.25, 0.3) is 0 Å². The van der Waals surface area contributed by atoms with Gasteiger partial charge in [0.1, 0.15) is 5.01 Å². The number of aryl methyl sites for hydroxylation is 1. The van der Waals surface area contributed by atoms with E-state index in [0.29, 0.717) is 12.5 Å². The van der Waals surface area contributed by atoms with E-state index in [4.69, 9.17) is 0 Å². The van der Waals surface area contributed by atoms with Crippen molar-refractivity contribution in [2.75, 3.05) is 26.0 Å². The Labute approximate surface area is 155 Å². The maximum atomic E-state index is 4.65. The summed E-state index contributed by atoms with van der Waals surface area (Å²) in [7, 11) is 5.93. The molecular weight excluding hydrogens is 330 g/mol. The van der Waals surface area contributed by atoms with Gasteiger partial charge in [0, 0.05) is 38.8 Å². The summed E-state index contributed by atoms with van der Waals surface area (Å²) >= 11 is 1.69. The second kappa shape index (κ2) is 8.85. The van der Waals surface area contributed by atoms with Crippen LogP contribution in [0.25, 0.3) is 0 Å². The molecule has 0 aliphatic carbocycles. The fraction of sp³-hybridized carbons (Fsp3) is 0.474. The van der Waals surface area contributed by atoms with Crippen molar-refractivity contribution in [3.05, 3.63) is 45.4 Å². The Hall–Kier alpha value is -2.08. The Morgan fingerprint density at radius 3 is 2.56 bits per heavy atom. The van der Waals surface area contributed by atoms with E-state index in [0.717, 1.165) is 23.2 Å². The number of nitrogens with one attached hydrogen (secondary N) is 2. The van der Waals surface area contributed by atoms with E-state index >= 15 is 0 Å². The smallest absolute Gasteiger partial charge is 0.191 e. The number of hydrogen-bond acceptors (Lipinski definition) is 4. The molecule has 2 aromatic rings. The number of aromatic nitrogens is 1. The highest BCUT2D eigenvalue weighted by atomic mass is 32.1. The first kappa shape index (κ1) is 19.2. The lowest BCUT2D eigenvalue weighted by Gasteiger charge is -2.19. The first-order chi connectivity index (χ1) is 11.9. The highest BCUT2D eigenvalue weighted by Crippen LogP contribution is 2.20. The van der Waals surface area contributed by atoms with Crippen LogP contribution in [0.15, 0.2) is 28.6 Å². The molecule has 0 saturated heterocycles. The summed E-state index contributed by atoms with van der Waals surface area (Å²) < 4.78 is 0. The van der Waals surface area contributed by atoms with Crippen LogP contribution >= 0.6 is 11.3 Å². The summed E-state index contributed by atoms with van der Waals surface area (Å²) in [5, 5.41) is 9.94. The Morgan fingerprint density at radius 1 is 1.24 bits per heavy atom. The second-order valence-corrected chi connectivity index (χ2v) is 7.57. The molecule has 0 saturated carbocycles. The molecular formula is C19H29N5S. The van der Waals surface area contributed by atoms with Gasteiger partial charge in [-0.15, -0.1) is 11.3 Å². The number of guanidine groups is 1. The number of rotatable bonds is 6. The fourth-order valence-electron chi connectivity index (χ4n) is 2.47. The normalized spacial score (nSPS) is 11.7. The molecule has 2 rings (SSSR count). The number of hydrogen-bond donors (Lipinski definition) is 2. The van der Waals surface area contributed by atoms with Gasteiger partial charge >= 0.3 is 0 Å². The first-order valence-electron chi connectivity index (χ1n) is 8.56. The molecule has 0 radical (unpaired) electrons. The number of aliphatic imine (C=N–C) groups is 1. The molecule has 0 bridgehead atoms. The molecule has 1 aromatic heterocycles. The van der Waals surface area contributed by atoms with Crippen molar-refractivity contribution in [2.24, 2.45) is 4.99 Å². The third-order valence-electron chi connectivity index (χ3n) is 3.96. The second-order valence-electron chi connectivity index (χ2n) is 6.63. The monoisotopic (exact) mass is 359 g/mol. The average molecular weight is 360 g/mol. The number of nitrogens with zero attached hydrogens (tertiary/aromatic N) is 3. The van der Waals surface area contributed by atoms with Gasteiger partial charge in [-0.3, -0.25) is 4.99 Å². The Morgan fingerprint density at radius 2 is 1.96 bits per heavy atom. The summed E-state index contributed by atoms with van der Waals surface area (Å²) in [4.78, 5) is 11.1. The molecule has 6 heteroatoms. The molecule has 1 aromatic carbocycles. The van der Waals surface area contributed by atoms with Gasteiger partial charge in [-0.2, -0.15) is 0 Å². The lowest BCUT2D eigenvalue weighted by atomic mass is 10.1. The molecule has 0 atom stereocenters. The van der Waals surface area contributed by atoms with Gasteiger partial charge in [0.05, 0.1) is 12.2 Å². The predicted octanol–water partition coefficient (Wildman–Crippen LogP) is 3.51. The minimum Gasteiger partial charge on any atom is -0.377 e. The predicted molar refractivity (Wildman–Crippen MR) is 109 cm³/mol. The highest BCUT2D eigenvalue weighted by molar-refractivity contribution is 7.09. The van der Waals surface area contributed by atoms with E-state index in [2.05, 4.69) is 84.0 Å². The van der Waals surface area contributed by atoms with Crippen molar-refractivity contribution in [3.63, 3.8) is 0 Å². The fourth-order valence-corrected chi connectivity index (χ4v) is 3.37. The zero-order valence-electron chi connectivity index (χ0n) is 16.1. The summed E-state index contributed by atoms with van der Waals surface area (Å²) in [6.45, 7) is 7.85. The van der Waals surface area contributed by atoms with Gasteiger partial charge in [-0.25, -0.2) is 4.98 Å². The number of benzene rings is 1. The Kier molecular flexibility index (Phi) is 6.82. The van der Waals surface area contributed by atoms with Crippen molar-refractivity contribution >= 4 is 23.0 Å². The van der Waals surface area contributed by atoms with E-state index in [9.17, 15) is 0 Å². The van der Waals surface area contributed by atoms with Crippen LogP contribution < -0.4 is 15.5 Å². The van der Waals surface area contributed by atoms with Crippen LogP contribution in [-0.2, 0) is 13.1 Å². The highest BCUT2D eigenvalue weighted by Gasteiger charge is 2.08. The maximum Gasteiger partial charge on any atom is 0.191 e. The van der Waals surface area contributed by atoms with Crippen molar-refractivity contribution in [3.8, 4) is 0 Å². The SMILES string of the molecule is CN=C(NCc1nc(C(C)C)cs1)NCc1ccc(C)cc1N(C)C. The lowest BCUT2D eigenvalue weighted by Crippen LogP contribution is -2.36. The summed E-state index contributed by atoms with van der Waals surface area (Å²) in [5.74, 6) is 1.25.